The number of hydrogen-bond acceptors (Lipinski definition) is 4. The molecule has 0 bridgehead atoms. The molecule has 0 aliphatic heterocycles. The number of hydrogen-bond donors (Lipinski definition) is 0. The van der Waals surface area contributed by atoms with Gasteiger partial charge in [0.1, 0.15) is 24.2 Å². The van der Waals surface area contributed by atoms with Crippen molar-refractivity contribution in [2.75, 3.05) is 0 Å². The van der Waals surface area contributed by atoms with Gasteiger partial charge in [0, 0.05) is 5.56 Å². The van der Waals surface area contributed by atoms with Gasteiger partial charge < -0.3 is 4.42 Å². The van der Waals surface area contributed by atoms with E-state index in [9.17, 15) is 0 Å². The third-order valence-corrected chi connectivity index (χ3v) is 2.69. The fraction of sp³-hybridized carbons (Fsp3) is 0.0714. The van der Waals surface area contributed by atoms with E-state index in [0.717, 1.165) is 11.3 Å². The molecule has 5 heteroatoms. The van der Waals surface area contributed by atoms with E-state index in [4.69, 9.17) is 4.42 Å². The molecular formula is C14H12N4O. The maximum atomic E-state index is 5.70. The second-order valence-electron chi connectivity index (χ2n) is 4.15. The van der Waals surface area contributed by atoms with E-state index in [0.29, 0.717) is 5.76 Å². The van der Waals surface area contributed by atoms with Crippen LogP contribution in [0, 0.1) is 6.92 Å². The fourth-order valence-electron chi connectivity index (χ4n) is 1.67. The number of aromatic nitrogens is 3. The first-order chi connectivity index (χ1) is 9.31. The summed E-state index contributed by atoms with van der Waals surface area (Å²) < 4.78 is 7.21. The summed E-state index contributed by atoms with van der Waals surface area (Å²) in [6, 6.07) is 12.0. The summed E-state index contributed by atoms with van der Waals surface area (Å²) in [6.45, 7) is 2.06. The van der Waals surface area contributed by atoms with Gasteiger partial charge in [-0.2, -0.15) is 5.10 Å². The Morgan fingerprint density at radius 1 is 1.05 bits per heavy atom. The van der Waals surface area contributed by atoms with Gasteiger partial charge in [0.05, 0.1) is 6.21 Å². The van der Waals surface area contributed by atoms with Gasteiger partial charge in [-0.15, -0.1) is 10.2 Å². The molecule has 2 heterocycles. The molecule has 0 aliphatic rings. The second-order valence-corrected chi connectivity index (χ2v) is 4.15. The number of benzene rings is 1. The van der Waals surface area contributed by atoms with Crippen molar-refractivity contribution in [3.05, 3.63) is 60.4 Å². The first kappa shape index (κ1) is 11.4. The average molecular weight is 252 g/mol. The van der Waals surface area contributed by atoms with E-state index >= 15 is 0 Å². The van der Waals surface area contributed by atoms with Crippen LogP contribution >= 0.6 is 0 Å². The minimum absolute atomic E-state index is 0.685. The first-order valence-electron chi connectivity index (χ1n) is 5.87. The van der Waals surface area contributed by atoms with Gasteiger partial charge in [-0.05, 0) is 19.1 Å². The van der Waals surface area contributed by atoms with Crippen LogP contribution in [-0.2, 0) is 0 Å². The molecule has 0 saturated carbocycles. The summed E-state index contributed by atoms with van der Waals surface area (Å²) in [4.78, 5) is 0. The number of rotatable bonds is 3. The monoisotopic (exact) mass is 252 g/mol. The minimum Gasteiger partial charge on any atom is -0.455 e. The van der Waals surface area contributed by atoms with Gasteiger partial charge in [0.25, 0.3) is 0 Å². The molecule has 0 aliphatic carbocycles. The smallest absolute Gasteiger partial charge is 0.147 e. The Kier molecular flexibility index (Phi) is 2.94. The molecule has 0 radical (unpaired) electrons. The lowest BCUT2D eigenvalue weighted by Crippen LogP contribution is -1.84. The van der Waals surface area contributed by atoms with Crippen molar-refractivity contribution in [2.45, 2.75) is 6.92 Å². The maximum absolute atomic E-state index is 5.70. The van der Waals surface area contributed by atoms with E-state index in [1.54, 1.807) is 6.21 Å². The van der Waals surface area contributed by atoms with Crippen LogP contribution in [0.25, 0.3) is 11.3 Å². The Morgan fingerprint density at radius 2 is 1.79 bits per heavy atom. The van der Waals surface area contributed by atoms with E-state index in [-0.39, 0.29) is 0 Å². The molecule has 19 heavy (non-hydrogen) atoms. The summed E-state index contributed by atoms with van der Waals surface area (Å²) in [7, 11) is 0. The van der Waals surface area contributed by atoms with Gasteiger partial charge >= 0.3 is 0 Å². The van der Waals surface area contributed by atoms with E-state index in [1.165, 1.54) is 22.9 Å². The Hall–Kier alpha value is -2.69. The fourth-order valence-corrected chi connectivity index (χ4v) is 1.67. The molecule has 94 valence electrons. The zero-order chi connectivity index (χ0) is 13.1. The quantitative estimate of drug-likeness (QED) is 0.673. The predicted octanol–water partition coefficient (Wildman–Crippen LogP) is 2.73. The molecule has 0 amide bonds. The highest BCUT2D eigenvalue weighted by Gasteiger charge is 2.02. The molecule has 2 aromatic heterocycles. The van der Waals surface area contributed by atoms with Crippen molar-refractivity contribution >= 4 is 6.21 Å². The van der Waals surface area contributed by atoms with Gasteiger partial charge in [-0.3, -0.25) is 0 Å². The third-order valence-electron chi connectivity index (χ3n) is 2.69. The molecule has 1 aromatic carbocycles. The lowest BCUT2D eigenvalue weighted by Gasteiger charge is -1.97. The zero-order valence-electron chi connectivity index (χ0n) is 10.4. The predicted molar refractivity (Wildman–Crippen MR) is 71.9 cm³/mol. The van der Waals surface area contributed by atoms with Gasteiger partial charge in [-0.25, -0.2) is 4.68 Å². The topological polar surface area (TPSA) is 56.2 Å². The lowest BCUT2D eigenvalue weighted by molar-refractivity contribution is 0.574. The van der Waals surface area contributed by atoms with Crippen LogP contribution in [0.3, 0.4) is 0 Å². The molecule has 0 spiro atoms. The summed E-state index contributed by atoms with van der Waals surface area (Å²) in [6.07, 6.45) is 4.65. The zero-order valence-corrected chi connectivity index (χ0v) is 10.4. The second kappa shape index (κ2) is 4.89. The Balaban J connectivity index is 1.81. The van der Waals surface area contributed by atoms with Crippen molar-refractivity contribution in [3.63, 3.8) is 0 Å². The molecule has 0 atom stereocenters. The van der Waals surface area contributed by atoms with Crippen molar-refractivity contribution in [1.82, 2.24) is 14.9 Å². The van der Waals surface area contributed by atoms with Crippen LogP contribution in [-0.4, -0.2) is 21.1 Å². The summed E-state index contributed by atoms with van der Waals surface area (Å²) >= 11 is 0. The van der Waals surface area contributed by atoms with E-state index in [1.807, 2.05) is 24.3 Å². The molecule has 3 rings (SSSR count). The molecule has 3 aromatic rings. The summed E-state index contributed by atoms with van der Waals surface area (Å²) in [5.74, 6) is 1.51. The average Bonchev–Trinajstić information content (AvgIpc) is 3.09. The van der Waals surface area contributed by atoms with Crippen LogP contribution in [0.15, 0.2) is 58.6 Å². The van der Waals surface area contributed by atoms with Crippen LogP contribution in [0.1, 0.15) is 11.3 Å². The SMILES string of the molecule is Cc1ccc(-c2ccc(/C=N/n3cnnc3)o2)cc1. The van der Waals surface area contributed by atoms with E-state index in [2.05, 4.69) is 34.4 Å². The summed E-state index contributed by atoms with van der Waals surface area (Å²) in [5.41, 5.74) is 2.28. The van der Waals surface area contributed by atoms with Crippen LogP contribution in [0.4, 0.5) is 0 Å². The molecular weight excluding hydrogens is 240 g/mol. The Morgan fingerprint density at radius 3 is 2.53 bits per heavy atom. The minimum atomic E-state index is 0.685. The van der Waals surface area contributed by atoms with Crippen LogP contribution < -0.4 is 0 Å². The Labute approximate surface area is 110 Å². The first-order valence-corrected chi connectivity index (χ1v) is 5.87. The number of aryl methyl sites for hydroxylation is 1. The standard InChI is InChI=1S/C14H12N4O/c1-11-2-4-12(5-3-11)14-7-6-13(19-14)8-17-18-9-15-16-10-18/h2-10H,1H3/b17-8+. The van der Waals surface area contributed by atoms with Gasteiger partial charge in [0.2, 0.25) is 0 Å². The molecule has 0 saturated heterocycles. The van der Waals surface area contributed by atoms with E-state index < -0.39 is 0 Å². The van der Waals surface area contributed by atoms with Crippen molar-refractivity contribution in [3.8, 4) is 11.3 Å². The molecule has 5 nitrogen and oxygen atoms in total. The highest BCUT2D eigenvalue weighted by atomic mass is 16.3. The lowest BCUT2D eigenvalue weighted by atomic mass is 10.1. The highest BCUT2D eigenvalue weighted by Crippen LogP contribution is 2.21. The molecule has 0 fully saturated rings. The van der Waals surface area contributed by atoms with Gasteiger partial charge in [0.15, 0.2) is 0 Å². The number of nitrogens with zero attached hydrogens (tertiary/aromatic N) is 4. The normalized spacial score (nSPS) is 11.2. The summed E-state index contributed by atoms with van der Waals surface area (Å²) in [5, 5.41) is 11.5. The van der Waals surface area contributed by atoms with Crippen molar-refractivity contribution in [2.24, 2.45) is 5.10 Å². The van der Waals surface area contributed by atoms with Crippen molar-refractivity contribution < 1.29 is 4.42 Å². The third kappa shape index (κ3) is 2.60. The van der Waals surface area contributed by atoms with Crippen molar-refractivity contribution in [1.29, 1.82) is 0 Å². The number of furan rings is 1. The highest BCUT2D eigenvalue weighted by molar-refractivity contribution is 5.77. The molecule has 0 N–H and O–H groups in total. The maximum Gasteiger partial charge on any atom is 0.147 e. The van der Waals surface area contributed by atoms with Crippen LogP contribution in [0.2, 0.25) is 0 Å². The molecule has 0 unspecified atom stereocenters. The largest absolute Gasteiger partial charge is 0.455 e. The van der Waals surface area contributed by atoms with Gasteiger partial charge in [-0.1, -0.05) is 29.8 Å². The van der Waals surface area contributed by atoms with Crippen LogP contribution in [0.5, 0.6) is 0 Å². The Bertz CT molecular complexity index is 681.